The number of benzene rings is 3. The summed E-state index contributed by atoms with van der Waals surface area (Å²) >= 11 is 0. The van der Waals surface area contributed by atoms with E-state index in [0.717, 1.165) is 19.3 Å². The molecule has 3 aromatic carbocycles. The second-order valence-electron chi connectivity index (χ2n) is 7.68. The SMILES string of the molecule is COc1ccccc1C(=O)Nc1ccc(OCC(=O)NC2CCCc3ccccc32)cc1. The van der Waals surface area contributed by atoms with Gasteiger partial charge in [0.05, 0.1) is 18.7 Å². The van der Waals surface area contributed by atoms with Crippen molar-refractivity contribution in [3.05, 3.63) is 89.5 Å². The van der Waals surface area contributed by atoms with E-state index in [0.29, 0.717) is 22.7 Å². The second kappa shape index (κ2) is 10.0. The van der Waals surface area contributed by atoms with Crippen LogP contribution in [0, 0.1) is 0 Å². The summed E-state index contributed by atoms with van der Waals surface area (Å²) < 4.78 is 10.9. The highest BCUT2D eigenvalue weighted by Crippen LogP contribution is 2.29. The molecule has 0 radical (unpaired) electrons. The van der Waals surface area contributed by atoms with Crippen molar-refractivity contribution < 1.29 is 19.1 Å². The lowest BCUT2D eigenvalue weighted by Crippen LogP contribution is -2.34. The Morgan fingerprint density at radius 3 is 2.53 bits per heavy atom. The Balaban J connectivity index is 1.30. The van der Waals surface area contributed by atoms with Crippen molar-refractivity contribution in [2.45, 2.75) is 25.3 Å². The Morgan fingerprint density at radius 2 is 1.72 bits per heavy atom. The number of aryl methyl sites for hydroxylation is 1. The van der Waals surface area contributed by atoms with E-state index in [4.69, 9.17) is 9.47 Å². The molecule has 6 nitrogen and oxygen atoms in total. The van der Waals surface area contributed by atoms with Gasteiger partial charge in [0.15, 0.2) is 6.61 Å². The maximum atomic E-state index is 12.5. The fourth-order valence-electron chi connectivity index (χ4n) is 3.95. The third kappa shape index (κ3) is 5.09. The van der Waals surface area contributed by atoms with E-state index in [1.807, 2.05) is 18.2 Å². The summed E-state index contributed by atoms with van der Waals surface area (Å²) in [6, 6.07) is 22.2. The zero-order valence-corrected chi connectivity index (χ0v) is 18.0. The van der Waals surface area contributed by atoms with E-state index in [9.17, 15) is 9.59 Å². The number of methoxy groups -OCH3 is 1. The fourth-order valence-corrected chi connectivity index (χ4v) is 3.95. The molecule has 1 unspecified atom stereocenters. The number of hydrogen-bond acceptors (Lipinski definition) is 4. The smallest absolute Gasteiger partial charge is 0.259 e. The zero-order valence-electron chi connectivity index (χ0n) is 18.0. The first kappa shape index (κ1) is 21.4. The van der Waals surface area contributed by atoms with Gasteiger partial charge < -0.3 is 20.1 Å². The summed E-state index contributed by atoms with van der Waals surface area (Å²) in [5.41, 5.74) is 3.57. The van der Waals surface area contributed by atoms with Crippen LogP contribution in [0.4, 0.5) is 5.69 Å². The molecule has 2 amide bonds. The third-order valence-electron chi connectivity index (χ3n) is 5.54. The Morgan fingerprint density at radius 1 is 0.969 bits per heavy atom. The number of carbonyl (C=O) groups excluding carboxylic acids is 2. The molecule has 32 heavy (non-hydrogen) atoms. The predicted molar refractivity (Wildman–Crippen MR) is 123 cm³/mol. The van der Waals surface area contributed by atoms with Crippen LogP contribution in [0.2, 0.25) is 0 Å². The first-order valence-corrected chi connectivity index (χ1v) is 10.7. The minimum Gasteiger partial charge on any atom is -0.496 e. The standard InChI is InChI=1S/C26H26N2O4/c1-31-24-12-5-4-10-22(24)26(30)27-19-13-15-20(16-14-19)32-17-25(29)28-23-11-6-8-18-7-2-3-9-21(18)23/h2-5,7,9-10,12-16,23H,6,8,11,17H2,1H3,(H,27,30)(H,28,29). The molecule has 1 atom stereocenters. The van der Waals surface area contributed by atoms with Crippen molar-refractivity contribution in [2.24, 2.45) is 0 Å². The van der Waals surface area contributed by atoms with Crippen LogP contribution in [-0.2, 0) is 11.2 Å². The lowest BCUT2D eigenvalue weighted by molar-refractivity contribution is -0.123. The summed E-state index contributed by atoms with van der Waals surface area (Å²) in [4.78, 5) is 24.9. The molecule has 3 aromatic rings. The number of carbonyl (C=O) groups is 2. The summed E-state index contributed by atoms with van der Waals surface area (Å²) in [5.74, 6) is 0.652. The first-order valence-electron chi connectivity index (χ1n) is 10.7. The van der Waals surface area contributed by atoms with E-state index >= 15 is 0 Å². The van der Waals surface area contributed by atoms with Crippen LogP contribution in [0.3, 0.4) is 0 Å². The average Bonchev–Trinajstić information content (AvgIpc) is 2.84. The highest BCUT2D eigenvalue weighted by Gasteiger charge is 2.21. The Kier molecular flexibility index (Phi) is 6.70. The highest BCUT2D eigenvalue weighted by molar-refractivity contribution is 6.06. The quantitative estimate of drug-likeness (QED) is 0.578. The number of ether oxygens (including phenoxy) is 2. The van der Waals surface area contributed by atoms with Gasteiger partial charge in [0.1, 0.15) is 11.5 Å². The molecule has 0 aliphatic heterocycles. The third-order valence-corrected chi connectivity index (χ3v) is 5.54. The average molecular weight is 431 g/mol. The number of anilines is 1. The molecule has 1 aliphatic carbocycles. The molecule has 0 bridgehead atoms. The summed E-state index contributed by atoms with van der Waals surface area (Å²) in [7, 11) is 1.53. The molecule has 0 aromatic heterocycles. The van der Waals surface area contributed by atoms with E-state index in [2.05, 4.69) is 22.8 Å². The number of para-hydroxylation sites is 1. The summed E-state index contributed by atoms with van der Waals surface area (Å²) in [6.07, 6.45) is 3.05. The van der Waals surface area contributed by atoms with Gasteiger partial charge in [0, 0.05) is 5.69 Å². The Labute approximate surface area is 187 Å². The number of fused-ring (bicyclic) bond motifs is 1. The lowest BCUT2D eigenvalue weighted by Gasteiger charge is -2.26. The van der Waals surface area contributed by atoms with Crippen molar-refractivity contribution in [3.63, 3.8) is 0 Å². The number of hydrogen-bond donors (Lipinski definition) is 2. The molecule has 0 saturated carbocycles. The normalized spacial score (nSPS) is 14.7. The maximum absolute atomic E-state index is 12.5. The number of nitrogens with one attached hydrogen (secondary N) is 2. The van der Waals surface area contributed by atoms with Gasteiger partial charge in [-0.3, -0.25) is 9.59 Å². The predicted octanol–water partition coefficient (Wildman–Crippen LogP) is 4.52. The van der Waals surface area contributed by atoms with Gasteiger partial charge in [0.25, 0.3) is 11.8 Å². The van der Waals surface area contributed by atoms with Crippen LogP contribution in [0.25, 0.3) is 0 Å². The van der Waals surface area contributed by atoms with Crippen molar-refractivity contribution in [1.82, 2.24) is 5.32 Å². The van der Waals surface area contributed by atoms with Gasteiger partial charge >= 0.3 is 0 Å². The van der Waals surface area contributed by atoms with Gasteiger partial charge in [-0.15, -0.1) is 0 Å². The fraction of sp³-hybridized carbons (Fsp3) is 0.231. The first-order chi connectivity index (χ1) is 15.6. The van der Waals surface area contributed by atoms with Crippen molar-refractivity contribution in [2.75, 3.05) is 19.0 Å². The minimum absolute atomic E-state index is 0.0311. The van der Waals surface area contributed by atoms with Crippen molar-refractivity contribution in [1.29, 1.82) is 0 Å². The van der Waals surface area contributed by atoms with Crippen LogP contribution >= 0.6 is 0 Å². The van der Waals surface area contributed by atoms with E-state index in [1.165, 1.54) is 18.2 Å². The molecule has 4 rings (SSSR count). The Bertz CT molecular complexity index is 1090. The molecule has 0 spiro atoms. The van der Waals surface area contributed by atoms with E-state index < -0.39 is 0 Å². The van der Waals surface area contributed by atoms with Gasteiger partial charge in [-0.05, 0) is 66.8 Å². The molecule has 1 aliphatic rings. The maximum Gasteiger partial charge on any atom is 0.259 e. The zero-order chi connectivity index (χ0) is 22.3. The van der Waals surface area contributed by atoms with Crippen LogP contribution in [-0.4, -0.2) is 25.5 Å². The van der Waals surface area contributed by atoms with Crippen LogP contribution in [0.1, 0.15) is 40.4 Å². The van der Waals surface area contributed by atoms with Crippen LogP contribution in [0.5, 0.6) is 11.5 Å². The topological polar surface area (TPSA) is 76.7 Å². The second-order valence-corrected chi connectivity index (χ2v) is 7.68. The highest BCUT2D eigenvalue weighted by atomic mass is 16.5. The molecule has 2 N–H and O–H groups in total. The molecular formula is C26H26N2O4. The van der Waals surface area contributed by atoms with E-state index in [1.54, 1.807) is 42.5 Å². The lowest BCUT2D eigenvalue weighted by atomic mass is 9.88. The minimum atomic E-state index is -0.261. The van der Waals surface area contributed by atoms with Gasteiger partial charge in [-0.1, -0.05) is 36.4 Å². The van der Waals surface area contributed by atoms with E-state index in [-0.39, 0.29) is 24.5 Å². The largest absolute Gasteiger partial charge is 0.496 e. The van der Waals surface area contributed by atoms with Crippen LogP contribution in [0.15, 0.2) is 72.8 Å². The molecule has 6 heteroatoms. The number of amides is 2. The summed E-state index contributed by atoms with van der Waals surface area (Å²) in [6.45, 7) is -0.0639. The molecular weight excluding hydrogens is 404 g/mol. The van der Waals surface area contributed by atoms with Gasteiger partial charge in [-0.25, -0.2) is 0 Å². The van der Waals surface area contributed by atoms with Crippen LogP contribution < -0.4 is 20.1 Å². The summed E-state index contributed by atoms with van der Waals surface area (Å²) in [5, 5.41) is 5.91. The number of rotatable bonds is 7. The molecule has 164 valence electrons. The van der Waals surface area contributed by atoms with Gasteiger partial charge in [0.2, 0.25) is 0 Å². The molecule has 0 fully saturated rings. The molecule has 0 heterocycles. The van der Waals surface area contributed by atoms with Crippen molar-refractivity contribution in [3.8, 4) is 11.5 Å². The molecule has 0 saturated heterocycles. The Hall–Kier alpha value is -3.80. The van der Waals surface area contributed by atoms with Crippen molar-refractivity contribution >= 4 is 17.5 Å². The van der Waals surface area contributed by atoms with Gasteiger partial charge in [-0.2, -0.15) is 0 Å². The monoisotopic (exact) mass is 430 g/mol.